The fourth-order valence-electron chi connectivity index (χ4n) is 1.81. The molecule has 0 saturated heterocycles. The van der Waals surface area contributed by atoms with Crippen molar-refractivity contribution in [3.8, 4) is 11.4 Å². The van der Waals surface area contributed by atoms with E-state index >= 15 is 0 Å². The van der Waals surface area contributed by atoms with Crippen molar-refractivity contribution in [3.63, 3.8) is 0 Å². The lowest BCUT2D eigenvalue weighted by molar-refractivity contribution is 0.343. The molecule has 0 bridgehead atoms. The highest BCUT2D eigenvalue weighted by molar-refractivity contribution is 6.33. The Morgan fingerprint density at radius 2 is 2.22 bits per heavy atom. The first-order chi connectivity index (χ1) is 8.65. The van der Waals surface area contributed by atoms with Gasteiger partial charge in [0.2, 0.25) is 11.7 Å². The molecule has 0 amide bonds. The van der Waals surface area contributed by atoms with Crippen molar-refractivity contribution < 1.29 is 8.91 Å². The Balaban J connectivity index is 1.92. The van der Waals surface area contributed by atoms with E-state index in [0.29, 0.717) is 23.2 Å². The number of nitrogens with two attached hydrogens (primary N) is 1. The summed E-state index contributed by atoms with van der Waals surface area (Å²) in [5.74, 6) is 0.781. The van der Waals surface area contributed by atoms with Crippen molar-refractivity contribution in [2.75, 3.05) is 0 Å². The zero-order chi connectivity index (χ0) is 12.7. The summed E-state index contributed by atoms with van der Waals surface area (Å²) in [5, 5.41) is 4.09. The van der Waals surface area contributed by atoms with Crippen LogP contribution in [0.3, 0.4) is 0 Å². The van der Waals surface area contributed by atoms with Crippen LogP contribution >= 0.6 is 11.6 Å². The molecule has 1 aromatic heterocycles. The summed E-state index contributed by atoms with van der Waals surface area (Å²) in [6, 6.07) is 3.83. The van der Waals surface area contributed by atoms with Crippen LogP contribution in [-0.4, -0.2) is 10.1 Å². The molecule has 4 nitrogen and oxygen atoms in total. The van der Waals surface area contributed by atoms with Crippen LogP contribution in [0.2, 0.25) is 5.02 Å². The minimum atomic E-state index is -0.401. The van der Waals surface area contributed by atoms with Gasteiger partial charge in [-0.1, -0.05) is 16.8 Å². The Morgan fingerprint density at radius 3 is 2.89 bits per heavy atom. The lowest BCUT2D eigenvalue weighted by atomic mass is 10.2. The molecular formula is C12H11ClFN3O. The molecule has 1 fully saturated rings. The Hall–Kier alpha value is -1.46. The summed E-state index contributed by atoms with van der Waals surface area (Å²) < 4.78 is 18.1. The molecule has 3 rings (SSSR count). The first kappa shape index (κ1) is 11.6. The van der Waals surface area contributed by atoms with Crippen LogP contribution in [0.4, 0.5) is 4.39 Å². The van der Waals surface area contributed by atoms with Gasteiger partial charge in [-0.15, -0.1) is 0 Å². The minimum Gasteiger partial charge on any atom is -0.337 e. The molecule has 1 aliphatic rings. The third kappa shape index (κ3) is 2.11. The van der Waals surface area contributed by atoms with Gasteiger partial charge in [0.1, 0.15) is 5.82 Å². The smallest absolute Gasteiger partial charge is 0.244 e. The van der Waals surface area contributed by atoms with Gasteiger partial charge in [-0.05, 0) is 37.0 Å². The molecule has 2 aromatic rings. The van der Waals surface area contributed by atoms with E-state index in [1.807, 2.05) is 0 Å². The van der Waals surface area contributed by atoms with Gasteiger partial charge in [-0.2, -0.15) is 4.98 Å². The highest BCUT2D eigenvalue weighted by Gasteiger charge is 2.33. The summed E-state index contributed by atoms with van der Waals surface area (Å²) in [4.78, 5) is 4.22. The SMILES string of the molecule is NC(c1nc(-c2ccc(F)cc2Cl)no1)C1CC1. The van der Waals surface area contributed by atoms with Gasteiger partial charge in [0.05, 0.1) is 11.1 Å². The van der Waals surface area contributed by atoms with Gasteiger partial charge in [-0.3, -0.25) is 0 Å². The van der Waals surface area contributed by atoms with Gasteiger partial charge >= 0.3 is 0 Å². The Bertz CT molecular complexity index is 582. The fourth-order valence-corrected chi connectivity index (χ4v) is 2.06. The van der Waals surface area contributed by atoms with Gasteiger partial charge in [0, 0.05) is 5.56 Å². The van der Waals surface area contributed by atoms with Gasteiger partial charge in [-0.25, -0.2) is 4.39 Å². The zero-order valence-electron chi connectivity index (χ0n) is 9.44. The second-order valence-corrected chi connectivity index (χ2v) is 4.85. The number of hydrogen-bond donors (Lipinski definition) is 1. The van der Waals surface area contributed by atoms with E-state index in [2.05, 4.69) is 10.1 Å². The molecule has 2 N–H and O–H groups in total. The van der Waals surface area contributed by atoms with Crippen molar-refractivity contribution in [3.05, 3.63) is 34.9 Å². The predicted molar refractivity (Wildman–Crippen MR) is 64.4 cm³/mol. The first-order valence-corrected chi connectivity index (χ1v) is 6.07. The molecule has 1 aromatic carbocycles. The number of halogens is 2. The second-order valence-electron chi connectivity index (χ2n) is 4.44. The normalized spacial score (nSPS) is 16.8. The van der Waals surface area contributed by atoms with Crippen LogP contribution < -0.4 is 5.73 Å². The predicted octanol–water partition coefficient (Wildman–Crippen LogP) is 2.94. The molecule has 1 saturated carbocycles. The van der Waals surface area contributed by atoms with E-state index in [9.17, 15) is 4.39 Å². The fraction of sp³-hybridized carbons (Fsp3) is 0.333. The molecule has 94 valence electrons. The molecule has 6 heteroatoms. The summed E-state index contributed by atoms with van der Waals surface area (Å²) in [7, 11) is 0. The molecule has 0 spiro atoms. The van der Waals surface area contributed by atoms with Crippen LogP contribution in [0.5, 0.6) is 0 Å². The molecule has 1 aliphatic carbocycles. The standard InChI is InChI=1S/C12H11ClFN3O/c13-9-5-7(14)3-4-8(9)11-16-12(18-17-11)10(15)6-1-2-6/h3-6,10H,1-2,15H2. The maximum Gasteiger partial charge on any atom is 0.244 e. The van der Waals surface area contributed by atoms with E-state index in [1.54, 1.807) is 0 Å². The maximum absolute atomic E-state index is 12.9. The molecule has 1 atom stereocenters. The largest absolute Gasteiger partial charge is 0.337 e. The zero-order valence-corrected chi connectivity index (χ0v) is 10.2. The average molecular weight is 268 g/mol. The second kappa shape index (κ2) is 4.33. The molecule has 1 unspecified atom stereocenters. The quantitative estimate of drug-likeness (QED) is 0.929. The summed E-state index contributed by atoms with van der Waals surface area (Å²) in [6.07, 6.45) is 2.19. The third-order valence-electron chi connectivity index (χ3n) is 3.03. The summed E-state index contributed by atoms with van der Waals surface area (Å²) >= 11 is 5.93. The Morgan fingerprint density at radius 1 is 1.44 bits per heavy atom. The van der Waals surface area contributed by atoms with E-state index in [4.69, 9.17) is 21.9 Å². The van der Waals surface area contributed by atoms with Gasteiger partial charge in [0.25, 0.3) is 0 Å². The highest BCUT2D eigenvalue weighted by atomic mass is 35.5. The third-order valence-corrected chi connectivity index (χ3v) is 3.34. The Labute approximate surface area is 108 Å². The van der Waals surface area contributed by atoms with Crippen LogP contribution in [-0.2, 0) is 0 Å². The van der Waals surface area contributed by atoms with Crippen LogP contribution in [0.25, 0.3) is 11.4 Å². The molecule has 18 heavy (non-hydrogen) atoms. The van der Waals surface area contributed by atoms with Crippen LogP contribution in [0.15, 0.2) is 22.7 Å². The van der Waals surface area contributed by atoms with E-state index in [0.717, 1.165) is 12.8 Å². The van der Waals surface area contributed by atoms with Crippen molar-refractivity contribution >= 4 is 11.6 Å². The molecule has 0 radical (unpaired) electrons. The van der Waals surface area contributed by atoms with Gasteiger partial charge < -0.3 is 10.3 Å². The van der Waals surface area contributed by atoms with E-state index in [-0.39, 0.29) is 11.1 Å². The lowest BCUT2D eigenvalue weighted by Gasteiger charge is -2.01. The monoisotopic (exact) mass is 267 g/mol. The first-order valence-electron chi connectivity index (χ1n) is 5.70. The number of hydrogen-bond acceptors (Lipinski definition) is 4. The van der Waals surface area contributed by atoms with Crippen molar-refractivity contribution in [2.24, 2.45) is 11.7 Å². The molecule has 0 aliphatic heterocycles. The summed E-state index contributed by atoms with van der Waals surface area (Å²) in [6.45, 7) is 0. The number of nitrogens with zero attached hydrogens (tertiary/aromatic N) is 2. The number of benzene rings is 1. The Kier molecular flexibility index (Phi) is 2.80. The van der Waals surface area contributed by atoms with Crippen LogP contribution in [0, 0.1) is 11.7 Å². The van der Waals surface area contributed by atoms with E-state index < -0.39 is 5.82 Å². The van der Waals surface area contributed by atoms with E-state index in [1.165, 1.54) is 18.2 Å². The number of aromatic nitrogens is 2. The lowest BCUT2D eigenvalue weighted by Crippen LogP contribution is -2.12. The summed E-state index contributed by atoms with van der Waals surface area (Å²) in [5.41, 5.74) is 6.50. The highest BCUT2D eigenvalue weighted by Crippen LogP contribution is 2.39. The van der Waals surface area contributed by atoms with Crippen molar-refractivity contribution in [2.45, 2.75) is 18.9 Å². The van der Waals surface area contributed by atoms with Crippen LogP contribution in [0.1, 0.15) is 24.8 Å². The molecule has 1 heterocycles. The molecular weight excluding hydrogens is 257 g/mol. The topological polar surface area (TPSA) is 64.9 Å². The van der Waals surface area contributed by atoms with Gasteiger partial charge in [0.15, 0.2) is 0 Å². The maximum atomic E-state index is 12.9. The number of rotatable bonds is 3. The minimum absolute atomic E-state index is 0.217. The van der Waals surface area contributed by atoms with Crippen molar-refractivity contribution in [1.29, 1.82) is 0 Å². The average Bonchev–Trinajstić information content (AvgIpc) is 3.07. The van der Waals surface area contributed by atoms with Crippen molar-refractivity contribution in [1.82, 2.24) is 10.1 Å².